The second-order valence-electron chi connectivity index (χ2n) is 6.69. The molecule has 2 rings (SSSR count). The normalized spacial score (nSPS) is 24.6. The van der Waals surface area contributed by atoms with E-state index >= 15 is 0 Å². The number of carbonyl (C=O) groups excluding carboxylic acids is 1. The fraction of sp³-hybridized carbons (Fsp3) is 0.933. The summed E-state index contributed by atoms with van der Waals surface area (Å²) in [5.41, 5.74) is -0.478. The number of rotatable bonds is 8. The second-order valence-corrected chi connectivity index (χ2v) is 8.66. The number of carbonyl (C=O) groups is 1. The molecule has 0 radical (unpaired) electrons. The minimum absolute atomic E-state index is 0.00643. The molecule has 2 fully saturated rings. The van der Waals surface area contributed by atoms with Gasteiger partial charge in [-0.2, -0.15) is 4.31 Å². The fourth-order valence-electron chi connectivity index (χ4n) is 2.71. The molecule has 1 atom stereocenters. The number of hydrogen-bond donors (Lipinski definition) is 0. The maximum Gasteiger partial charge on any atom is 0.307 e. The number of sulfonamides is 1. The average Bonchev–Trinajstić information content (AvgIpc) is 3.21. The van der Waals surface area contributed by atoms with E-state index in [0.29, 0.717) is 13.2 Å². The first-order valence-corrected chi connectivity index (χ1v) is 9.75. The largest absolute Gasteiger partial charge is 0.466 e. The monoisotopic (exact) mass is 349 g/mol. The second kappa shape index (κ2) is 7.46. The van der Waals surface area contributed by atoms with Gasteiger partial charge in [-0.1, -0.05) is 0 Å². The van der Waals surface area contributed by atoms with Gasteiger partial charge in [-0.25, -0.2) is 8.42 Å². The highest BCUT2D eigenvalue weighted by Crippen LogP contribution is 2.30. The lowest BCUT2D eigenvalue weighted by atomic mass is 10.1. The third kappa shape index (κ3) is 5.70. The summed E-state index contributed by atoms with van der Waals surface area (Å²) in [7, 11) is -3.50. The lowest BCUT2D eigenvalue weighted by Gasteiger charge is -2.36. The van der Waals surface area contributed by atoms with E-state index in [4.69, 9.17) is 14.2 Å². The van der Waals surface area contributed by atoms with Crippen LogP contribution in [-0.4, -0.2) is 68.6 Å². The van der Waals surface area contributed by atoms with Crippen LogP contribution >= 0.6 is 0 Å². The van der Waals surface area contributed by atoms with E-state index in [1.165, 1.54) is 4.31 Å². The van der Waals surface area contributed by atoms with E-state index in [-0.39, 0.29) is 37.3 Å². The summed E-state index contributed by atoms with van der Waals surface area (Å²) in [6.07, 6.45) is 1.29. The summed E-state index contributed by atoms with van der Waals surface area (Å²) in [6, 6.07) is 0.00643. The maximum absolute atomic E-state index is 12.7. The van der Waals surface area contributed by atoms with Crippen molar-refractivity contribution in [2.45, 2.75) is 57.8 Å². The molecule has 1 unspecified atom stereocenters. The van der Waals surface area contributed by atoms with Crippen molar-refractivity contribution >= 4 is 16.0 Å². The van der Waals surface area contributed by atoms with Crippen LogP contribution in [0, 0.1) is 0 Å². The highest BCUT2D eigenvalue weighted by molar-refractivity contribution is 7.89. The van der Waals surface area contributed by atoms with Gasteiger partial charge in [0.25, 0.3) is 0 Å². The van der Waals surface area contributed by atoms with Crippen molar-refractivity contribution < 1.29 is 27.4 Å². The van der Waals surface area contributed by atoms with E-state index in [2.05, 4.69) is 0 Å². The maximum atomic E-state index is 12.7. The fourth-order valence-corrected chi connectivity index (χ4v) is 4.57. The Hall–Kier alpha value is -0.700. The van der Waals surface area contributed by atoms with Crippen LogP contribution in [0.25, 0.3) is 0 Å². The van der Waals surface area contributed by atoms with Crippen LogP contribution in [-0.2, 0) is 29.0 Å². The molecule has 7 nitrogen and oxygen atoms in total. The summed E-state index contributed by atoms with van der Waals surface area (Å²) in [5.74, 6) is -0.484. The van der Waals surface area contributed by atoms with Gasteiger partial charge in [-0.15, -0.1) is 0 Å². The van der Waals surface area contributed by atoms with Crippen molar-refractivity contribution in [2.75, 3.05) is 32.1 Å². The SMILES string of the molecule is CCOC(=O)CCN(C1CC1)S(=O)(=O)CC1COCC(C)(C)O1. The molecule has 0 N–H and O–H groups in total. The Labute approximate surface area is 138 Å². The lowest BCUT2D eigenvalue weighted by Crippen LogP contribution is -2.48. The predicted molar refractivity (Wildman–Crippen MR) is 84.5 cm³/mol. The van der Waals surface area contributed by atoms with Gasteiger partial charge in [0.1, 0.15) is 0 Å². The van der Waals surface area contributed by atoms with Crippen molar-refractivity contribution in [1.29, 1.82) is 0 Å². The molecule has 134 valence electrons. The van der Waals surface area contributed by atoms with Gasteiger partial charge in [0.05, 0.1) is 43.7 Å². The number of esters is 1. The summed E-state index contributed by atoms with van der Waals surface area (Å²) in [4.78, 5) is 11.5. The standard InChI is InChI=1S/C15H27NO6S/c1-4-21-14(17)7-8-16(12-5-6-12)23(18,19)10-13-9-20-11-15(2,3)22-13/h12-13H,4-11H2,1-3H3. The number of hydrogen-bond acceptors (Lipinski definition) is 6. The van der Waals surface area contributed by atoms with Crippen molar-refractivity contribution in [1.82, 2.24) is 4.31 Å². The Morgan fingerprint density at radius 1 is 1.35 bits per heavy atom. The molecule has 1 aliphatic heterocycles. The molecule has 0 amide bonds. The van der Waals surface area contributed by atoms with Crippen LogP contribution in [0.1, 0.15) is 40.0 Å². The summed E-state index contributed by atoms with van der Waals surface area (Å²) in [6.45, 7) is 6.70. The molecule has 0 bridgehead atoms. The first-order chi connectivity index (χ1) is 10.7. The molecular formula is C15H27NO6S. The van der Waals surface area contributed by atoms with Gasteiger partial charge < -0.3 is 14.2 Å². The van der Waals surface area contributed by atoms with E-state index in [1.807, 2.05) is 13.8 Å². The third-order valence-electron chi connectivity index (χ3n) is 3.79. The van der Waals surface area contributed by atoms with Gasteiger partial charge in [-0.05, 0) is 33.6 Å². The molecule has 0 aromatic carbocycles. The van der Waals surface area contributed by atoms with Gasteiger partial charge in [0.2, 0.25) is 10.0 Å². The highest BCUT2D eigenvalue weighted by atomic mass is 32.2. The van der Waals surface area contributed by atoms with E-state index in [1.54, 1.807) is 6.92 Å². The zero-order valence-electron chi connectivity index (χ0n) is 14.1. The Balaban J connectivity index is 1.95. The zero-order chi connectivity index (χ0) is 17.1. The summed E-state index contributed by atoms with van der Waals surface area (Å²) in [5, 5.41) is 0. The van der Waals surface area contributed by atoms with Gasteiger partial charge in [0, 0.05) is 12.6 Å². The van der Waals surface area contributed by atoms with Crippen LogP contribution < -0.4 is 0 Å². The molecular weight excluding hydrogens is 322 g/mol. The van der Waals surface area contributed by atoms with E-state index in [0.717, 1.165) is 12.8 Å². The van der Waals surface area contributed by atoms with Crippen LogP contribution in [0.15, 0.2) is 0 Å². The van der Waals surface area contributed by atoms with Gasteiger partial charge >= 0.3 is 5.97 Å². The first-order valence-electron chi connectivity index (χ1n) is 8.14. The minimum Gasteiger partial charge on any atom is -0.466 e. The lowest BCUT2D eigenvalue weighted by molar-refractivity contribution is -0.174. The topological polar surface area (TPSA) is 82.1 Å². The Morgan fingerprint density at radius 3 is 2.61 bits per heavy atom. The first kappa shape index (κ1) is 18.6. The molecule has 0 aromatic rings. The van der Waals surface area contributed by atoms with Crippen molar-refractivity contribution in [3.05, 3.63) is 0 Å². The molecule has 23 heavy (non-hydrogen) atoms. The highest BCUT2D eigenvalue weighted by Gasteiger charge is 2.40. The molecule has 1 saturated heterocycles. The third-order valence-corrected chi connectivity index (χ3v) is 5.78. The number of nitrogens with zero attached hydrogens (tertiary/aromatic N) is 1. The van der Waals surface area contributed by atoms with Crippen LogP contribution in [0.3, 0.4) is 0 Å². The number of ether oxygens (including phenoxy) is 3. The van der Waals surface area contributed by atoms with Gasteiger partial charge in [-0.3, -0.25) is 4.79 Å². The van der Waals surface area contributed by atoms with Crippen molar-refractivity contribution in [3.8, 4) is 0 Å². The predicted octanol–water partition coefficient (Wildman–Crippen LogP) is 0.928. The average molecular weight is 349 g/mol. The van der Waals surface area contributed by atoms with E-state index < -0.39 is 21.7 Å². The molecule has 1 aliphatic carbocycles. The molecule has 8 heteroatoms. The van der Waals surface area contributed by atoms with Gasteiger partial charge in [0.15, 0.2) is 0 Å². The quantitative estimate of drug-likeness (QED) is 0.606. The summed E-state index contributed by atoms with van der Waals surface area (Å²) < 4.78 is 43.0. The smallest absolute Gasteiger partial charge is 0.307 e. The summed E-state index contributed by atoms with van der Waals surface area (Å²) >= 11 is 0. The molecule has 0 spiro atoms. The van der Waals surface area contributed by atoms with Crippen molar-refractivity contribution in [3.63, 3.8) is 0 Å². The van der Waals surface area contributed by atoms with Crippen LogP contribution in [0.5, 0.6) is 0 Å². The molecule has 0 aromatic heterocycles. The Bertz CT molecular complexity index is 514. The minimum atomic E-state index is -3.50. The molecule has 1 saturated carbocycles. The van der Waals surface area contributed by atoms with Crippen LogP contribution in [0.2, 0.25) is 0 Å². The molecule has 2 aliphatic rings. The van der Waals surface area contributed by atoms with Crippen LogP contribution in [0.4, 0.5) is 0 Å². The van der Waals surface area contributed by atoms with E-state index in [9.17, 15) is 13.2 Å². The Kier molecular flexibility index (Phi) is 6.05. The Morgan fingerprint density at radius 2 is 2.04 bits per heavy atom. The molecule has 1 heterocycles. The zero-order valence-corrected chi connectivity index (χ0v) is 14.9. The van der Waals surface area contributed by atoms with Crippen molar-refractivity contribution in [2.24, 2.45) is 0 Å².